The normalized spacial score (nSPS) is 18.9. The number of piperazine rings is 1. The highest BCUT2D eigenvalue weighted by molar-refractivity contribution is 5.74. The monoisotopic (exact) mass is 229 g/mol. The van der Waals surface area contributed by atoms with Crippen molar-refractivity contribution in [2.45, 2.75) is 6.54 Å². The highest BCUT2D eigenvalue weighted by Gasteiger charge is 2.15. The van der Waals surface area contributed by atoms with Crippen LogP contribution in [0.25, 0.3) is 11.0 Å². The van der Waals surface area contributed by atoms with Gasteiger partial charge in [0.25, 0.3) is 0 Å². The Kier molecular flexibility index (Phi) is 2.82. The van der Waals surface area contributed by atoms with E-state index < -0.39 is 0 Å². The molecule has 2 heterocycles. The van der Waals surface area contributed by atoms with Crippen LogP contribution in [0.2, 0.25) is 0 Å². The van der Waals surface area contributed by atoms with Crippen molar-refractivity contribution >= 4 is 11.0 Å². The number of imidazole rings is 1. The van der Waals surface area contributed by atoms with Crippen molar-refractivity contribution in [1.82, 2.24) is 19.8 Å². The molecule has 0 amide bonds. The smallest absolute Gasteiger partial charge is 0.121 e. The number of aromatic nitrogens is 2. The van der Waals surface area contributed by atoms with Crippen molar-refractivity contribution < 1.29 is 0 Å². The molecule has 17 heavy (non-hydrogen) atoms. The SMILES string of the molecule is [CH2]N1CCN(Cc2nc3ccccc3[nH]2)CC1. The second-order valence-electron chi connectivity index (χ2n) is 4.59. The molecule has 0 atom stereocenters. The zero-order valence-electron chi connectivity index (χ0n) is 9.89. The van der Waals surface area contributed by atoms with Gasteiger partial charge in [-0.1, -0.05) is 12.1 Å². The van der Waals surface area contributed by atoms with Gasteiger partial charge in [0.15, 0.2) is 0 Å². The Morgan fingerprint density at radius 1 is 1.18 bits per heavy atom. The third kappa shape index (κ3) is 2.33. The summed E-state index contributed by atoms with van der Waals surface area (Å²) >= 11 is 0. The van der Waals surface area contributed by atoms with E-state index in [0.717, 1.165) is 49.6 Å². The number of nitrogens with zero attached hydrogens (tertiary/aromatic N) is 3. The van der Waals surface area contributed by atoms with E-state index >= 15 is 0 Å². The van der Waals surface area contributed by atoms with Crippen LogP contribution in [0.5, 0.6) is 0 Å². The number of fused-ring (bicyclic) bond motifs is 1. The minimum atomic E-state index is 0.905. The summed E-state index contributed by atoms with van der Waals surface area (Å²) in [5.41, 5.74) is 2.18. The van der Waals surface area contributed by atoms with Gasteiger partial charge in [-0.2, -0.15) is 0 Å². The summed E-state index contributed by atoms with van der Waals surface area (Å²) < 4.78 is 0. The van der Waals surface area contributed by atoms with Crippen LogP contribution >= 0.6 is 0 Å². The zero-order valence-corrected chi connectivity index (χ0v) is 9.89. The lowest BCUT2D eigenvalue weighted by molar-refractivity contribution is 0.157. The summed E-state index contributed by atoms with van der Waals surface area (Å²) in [5, 5.41) is 0. The number of hydrogen-bond acceptors (Lipinski definition) is 3. The lowest BCUT2D eigenvalue weighted by Crippen LogP contribution is -2.43. The van der Waals surface area contributed by atoms with E-state index in [2.05, 4.69) is 32.9 Å². The Labute approximate surface area is 101 Å². The van der Waals surface area contributed by atoms with Gasteiger partial charge in [0.05, 0.1) is 17.6 Å². The summed E-state index contributed by atoms with van der Waals surface area (Å²) in [5.74, 6) is 1.06. The summed E-state index contributed by atoms with van der Waals surface area (Å²) in [6, 6.07) is 8.17. The van der Waals surface area contributed by atoms with Crippen molar-refractivity contribution in [2.75, 3.05) is 26.2 Å². The minimum Gasteiger partial charge on any atom is -0.341 e. The molecule has 2 aromatic rings. The van der Waals surface area contributed by atoms with E-state index in [4.69, 9.17) is 0 Å². The molecule has 89 valence electrons. The molecule has 1 aliphatic rings. The van der Waals surface area contributed by atoms with Crippen LogP contribution in [-0.4, -0.2) is 45.9 Å². The van der Waals surface area contributed by atoms with Crippen LogP contribution < -0.4 is 0 Å². The van der Waals surface area contributed by atoms with Gasteiger partial charge in [0.2, 0.25) is 0 Å². The number of hydrogen-bond donors (Lipinski definition) is 1. The van der Waals surface area contributed by atoms with Crippen LogP contribution in [0, 0.1) is 7.05 Å². The summed E-state index contributed by atoms with van der Waals surface area (Å²) in [6.07, 6.45) is 0. The maximum Gasteiger partial charge on any atom is 0.121 e. The molecule has 4 heteroatoms. The number of aromatic amines is 1. The summed E-state index contributed by atoms with van der Waals surface area (Å²) in [6.45, 7) is 5.13. The number of rotatable bonds is 2. The van der Waals surface area contributed by atoms with Crippen molar-refractivity contribution in [3.63, 3.8) is 0 Å². The molecule has 0 saturated carbocycles. The van der Waals surface area contributed by atoms with Crippen LogP contribution in [0.3, 0.4) is 0 Å². The van der Waals surface area contributed by atoms with E-state index in [9.17, 15) is 0 Å². The predicted molar refractivity (Wildman–Crippen MR) is 68.3 cm³/mol. The number of H-pyrrole nitrogens is 1. The van der Waals surface area contributed by atoms with Gasteiger partial charge in [-0.3, -0.25) is 9.80 Å². The first-order valence-corrected chi connectivity index (χ1v) is 6.03. The van der Waals surface area contributed by atoms with E-state index in [1.807, 2.05) is 18.2 Å². The van der Waals surface area contributed by atoms with Crippen molar-refractivity contribution in [2.24, 2.45) is 0 Å². The van der Waals surface area contributed by atoms with Gasteiger partial charge < -0.3 is 4.98 Å². The Morgan fingerprint density at radius 3 is 2.71 bits per heavy atom. The molecule has 0 aliphatic carbocycles. The lowest BCUT2D eigenvalue weighted by Gasteiger charge is -2.31. The number of nitrogens with one attached hydrogen (secondary N) is 1. The van der Waals surface area contributed by atoms with Gasteiger partial charge in [0.1, 0.15) is 5.82 Å². The van der Waals surface area contributed by atoms with Gasteiger partial charge in [0, 0.05) is 33.2 Å². The molecule has 0 spiro atoms. The molecule has 0 unspecified atom stereocenters. The van der Waals surface area contributed by atoms with Gasteiger partial charge in [-0.25, -0.2) is 4.98 Å². The largest absolute Gasteiger partial charge is 0.341 e. The molecule has 1 aliphatic heterocycles. The van der Waals surface area contributed by atoms with Crippen molar-refractivity contribution in [1.29, 1.82) is 0 Å². The Hall–Kier alpha value is -1.39. The summed E-state index contributed by atoms with van der Waals surface area (Å²) in [7, 11) is 3.96. The van der Waals surface area contributed by atoms with E-state index in [-0.39, 0.29) is 0 Å². The van der Waals surface area contributed by atoms with Crippen LogP contribution in [0.15, 0.2) is 24.3 Å². The molecule has 1 N–H and O–H groups in total. The fourth-order valence-electron chi connectivity index (χ4n) is 2.24. The first-order valence-electron chi connectivity index (χ1n) is 6.03. The highest BCUT2D eigenvalue weighted by atomic mass is 15.3. The number of benzene rings is 1. The first kappa shape index (κ1) is 10.7. The van der Waals surface area contributed by atoms with Crippen molar-refractivity contribution in [3.8, 4) is 0 Å². The van der Waals surface area contributed by atoms with Gasteiger partial charge in [-0.05, 0) is 12.1 Å². The number of para-hydroxylation sites is 2. The van der Waals surface area contributed by atoms with Crippen LogP contribution in [0.1, 0.15) is 5.82 Å². The average Bonchev–Trinajstić information content (AvgIpc) is 2.74. The van der Waals surface area contributed by atoms with Crippen LogP contribution in [-0.2, 0) is 6.54 Å². The molecule has 1 aromatic carbocycles. The fourth-order valence-corrected chi connectivity index (χ4v) is 2.24. The summed E-state index contributed by atoms with van der Waals surface area (Å²) in [4.78, 5) is 12.5. The molecule has 1 fully saturated rings. The van der Waals surface area contributed by atoms with Gasteiger partial charge >= 0.3 is 0 Å². The minimum absolute atomic E-state index is 0.905. The van der Waals surface area contributed by atoms with Gasteiger partial charge in [-0.15, -0.1) is 0 Å². The second kappa shape index (κ2) is 4.47. The van der Waals surface area contributed by atoms with E-state index in [1.165, 1.54) is 0 Å². The third-order valence-corrected chi connectivity index (χ3v) is 3.28. The van der Waals surface area contributed by atoms with Crippen molar-refractivity contribution in [3.05, 3.63) is 37.1 Å². The zero-order chi connectivity index (χ0) is 11.7. The Bertz CT molecular complexity index is 464. The molecule has 3 rings (SSSR count). The molecule has 4 nitrogen and oxygen atoms in total. The fraction of sp³-hybridized carbons (Fsp3) is 0.385. The topological polar surface area (TPSA) is 35.2 Å². The Balaban J connectivity index is 1.72. The predicted octanol–water partition coefficient (Wildman–Crippen LogP) is 1.47. The molecule has 0 bridgehead atoms. The van der Waals surface area contributed by atoms with E-state index in [0.29, 0.717) is 0 Å². The highest BCUT2D eigenvalue weighted by Crippen LogP contribution is 2.12. The first-order chi connectivity index (χ1) is 8.31. The molecule has 1 saturated heterocycles. The van der Waals surface area contributed by atoms with E-state index in [1.54, 1.807) is 0 Å². The maximum absolute atomic E-state index is 4.60. The average molecular weight is 229 g/mol. The Morgan fingerprint density at radius 2 is 1.94 bits per heavy atom. The molecule has 1 aromatic heterocycles. The quantitative estimate of drug-likeness (QED) is 0.847. The lowest BCUT2D eigenvalue weighted by atomic mass is 10.3. The standard InChI is InChI=1S/C13H17N4/c1-16-6-8-17(9-7-16)10-13-14-11-4-2-3-5-12(11)15-13/h2-5H,1,6-10H2,(H,14,15). The second-order valence-corrected chi connectivity index (χ2v) is 4.59. The molecular formula is C13H17N4. The third-order valence-electron chi connectivity index (χ3n) is 3.28. The van der Waals surface area contributed by atoms with Crippen LogP contribution in [0.4, 0.5) is 0 Å². The molecule has 1 radical (unpaired) electrons. The maximum atomic E-state index is 4.60. The molecular weight excluding hydrogens is 212 g/mol.